The van der Waals surface area contributed by atoms with Gasteiger partial charge in [0, 0.05) is 19.0 Å². The summed E-state index contributed by atoms with van der Waals surface area (Å²) >= 11 is 0. The molecule has 3 unspecified atom stereocenters. The predicted molar refractivity (Wildman–Crippen MR) is 70.2 cm³/mol. The van der Waals surface area contributed by atoms with E-state index in [1.165, 1.54) is 0 Å². The first-order valence-corrected chi connectivity index (χ1v) is 6.84. The second kappa shape index (κ2) is 6.21. The van der Waals surface area contributed by atoms with Gasteiger partial charge in [0.25, 0.3) is 0 Å². The fraction of sp³-hybridized carbons (Fsp3) is 0.857. The summed E-state index contributed by atoms with van der Waals surface area (Å²) in [4.78, 5) is 25.1. The van der Waals surface area contributed by atoms with E-state index < -0.39 is 5.97 Å². The van der Waals surface area contributed by atoms with Gasteiger partial charge in [0.1, 0.15) is 0 Å². The Labute approximate surface area is 109 Å². The molecule has 1 N–H and O–H groups in total. The number of amides is 1. The molecule has 0 bridgehead atoms. The van der Waals surface area contributed by atoms with Gasteiger partial charge in [-0.25, -0.2) is 0 Å². The zero-order valence-electron chi connectivity index (χ0n) is 11.8. The van der Waals surface area contributed by atoms with Crippen molar-refractivity contribution in [1.82, 2.24) is 4.90 Å². The molecule has 0 heterocycles. The highest BCUT2D eigenvalue weighted by atomic mass is 16.4. The second-order valence-corrected chi connectivity index (χ2v) is 5.83. The Bertz CT molecular complexity index is 314. The summed E-state index contributed by atoms with van der Waals surface area (Å²) in [6.45, 7) is 6.23. The molecule has 1 aliphatic rings. The van der Waals surface area contributed by atoms with E-state index in [0.29, 0.717) is 18.8 Å². The number of aliphatic carboxylic acids is 1. The minimum Gasteiger partial charge on any atom is -0.481 e. The SMILES string of the molecule is CC(C)C(C)N(C)C(=O)C1CCCC(C(=O)O)C1. The van der Waals surface area contributed by atoms with Crippen molar-refractivity contribution in [3.8, 4) is 0 Å². The minimum absolute atomic E-state index is 0.106. The van der Waals surface area contributed by atoms with E-state index in [2.05, 4.69) is 13.8 Å². The van der Waals surface area contributed by atoms with Crippen LogP contribution in [0.2, 0.25) is 0 Å². The van der Waals surface area contributed by atoms with Crippen LogP contribution in [0.25, 0.3) is 0 Å². The Balaban J connectivity index is 2.63. The molecular formula is C14H25NO3. The minimum atomic E-state index is -0.757. The molecule has 104 valence electrons. The Kier molecular flexibility index (Phi) is 5.17. The highest BCUT2D eigenvalue weighted by molar-refractivity contribution is 5.80. The van der Waals surface area contributed by atoms with Crippen LogP contribution in [0.3, 0.4) is 0 Å². The van der Waals surface area contributed by atoms with Crippen LogP contribution in [-0.2, 0) is 9.59 Å². The van der Waals surface area contributed by atoms with Gasteiger partial charge in [0.2, 0.25) is 5.91 Å². The zero-order chi connectivity index (χ0) is 13.9. The van der Waals surface area contributed by atoms with Gasteiger partial charge in [-0.1, -0.05) is 20.3 Å². The number of carboxylic acids is 1. The van der Waals surface area contributed by atoms with Gasteiger partial charge < -0.3 is 10.0 Å². The van der Waals surface area contributed by atoms with Crippen LogP contribution in [-0.4, -0.2) is 35.0 Å². The quantitative estimate of drug-likeness (QED) is 0.839. The summed E-state index contributed by atoms with van der Waals surface area (Å²) in [6.07, 6.45) is 2.89. The van der Waals surface area contributed by atoms with E-state index in [0.717, 1.165) is 12.8 Å². The van der Waals surface area contributed by atoms with Crippen molar-refractivity contribution in [2.24, 2.45) is 17.8 Å². The maximum Gasteiger partial charge on any atom is 0.306 e. The third kappa shape index (κ3) is 3.47. The number of carbonyl (C=O) groups is 2. The molecule has 0 radical (unpaired) electrons. The van der Waals surface area contributed by atoms with Crippen LogP contribution in [0.4, 0.5) is 0 Å². The van der Waals surface area contributed by atoms with Crippen LogP contribution >= 0.6 is 0 Å². The van der Waals surface area contributed by atoms with Crippen molar-refractivity contribution in [3.63, 3.8) is 0 Å². The molecule has 1 saturated carbocycles. The lowest BCUT2D eigenvalue weighted by molar-refractivity contribution is -0.145. The molecule has 1 rings (SSSR count). The van der Waals surface area contributed by atoms with Gasteiger partial charge >= 0.3 is 5.97 Å². The Morgan fingerprint density at radius 3 is 2.22 bits per heavy atom. The number of rotatable bonds is 4. The van der Waals surface area contributed by atoms with Gasteiger partial charge in [0.15, 0.2) is 0 Å². The number of hydrogen-bond donors (Lipinski definition) is 1. The zero-order valence-corrected chi connectivity index (χ0v) is 11.8. The number of carboxylic acid groups (broad SMARTS) is 1. The smallest absolute Gasteiger partial charge is 0.306 e. The first-order valence-electron chi connectivity index (χ1n) is 6.84. The Hall–Kier alpha value is -1.06. The normalized spacial score (nSPS) is 25.8. The average Bonchev–Trinajstić information content (AvgIpc) is 2.36. The molecule has 1 aliphatic carbocycles. The Morgan fingerprint density at radius 2 is 1.72 bits per heavy atom. The maximum absolute atomic E-state index is 12.3. The van der Waals surface area contributed by atoms with E-state index in [-0.39, 0.29) is 23.8 Å². The summed E-state index contributed by atoms with van der Waals surface area (Å²) in [5.74, 6) is -0.673. The predicted octanol–water partition coefficient (Wildman–Crippen LogP) is 2.38. The molecule has 0 spiro atoms. The highest BCUT2D eigenvalue weighted by Gasteiger charge is 2.33. The second-order valence-electron chi connectivity index (χ2n) is 5.83. The summed E-state index contributed by atoms with van der Waals surface area (Å²) in [5, 5.41) is 9.05. The van der Waals surface area contributed by atoms with Gasteiger partial charge in [-0.05, 0) is 32.1 Å². The lowest BCUT2D eigenvalue weighted by Crippen LogP contribution is -2.43. The van der Waals surface area contributed by atoms with Crippen molar-refractivity contribution in [1.29, 1.82) is 0 Å². The lowest BCUT2D eigenvalue weighted by atomic mass is 9.80. The van der Waals surface area contributed by atoms with Crippen molar-refractivity contribution >= 4 is 11.9 Å². The van der Waals surface area contributed by atoms with Crippen LogP contribution in [0.5, 0.6) is 0 Å². The first kappa shape index (κ1) is 15.0. The summed E-state index contributed by atoms with van der Waals surface area (Å²) in [7, 11) is 1.83. The molecule has 3 atom stereocenters. The van der Waals surface area contributed by atoms with Gasteiger partial charge in [-0.15, -0.1) is 0 Å². The lowest BCUT2D eigenvalue weighted by Gasteiger charge is -2.34. The molecular weight excluding hydrogens is 230 g/mol. The number of hydrogen-bond acceptors (Lipinski definition) is 2. The van der Waals surface area contributed by atoms with Crippen LogP contribution in [0.1, 0.15) is 46.5 Å². The summed E-state index contributed by atoms with van der Waals surface area (Å²) in [6, 6.07) is 0.197. The first-order chi connectivity index (χ1) is 8.34. The molecule has 0 saturated heterocycles. The fourth-order valence-corrected chi connectivity index (χ4v) is 2.57. The van der Waals surface area contributed by atoms with Crippen molar-refractivity contribution in [2.45, 2.75) is 52.5 Å². The van der Waals surface area contributed by atoms with E-state index in [1.54, 1.807) is 4.90 Å². The monoisotopic (exact) mass is 255 g/mol. The number of nitrogens with zero attached hydrogens (tertiary/aromatic N) is 1. The molecule has 0 aromatic heterocycles. The number of carbonyl (C=O) groups excluding carboxylic acids is 1. The highest BCUT2D eigenvalue weighted by Crippen LogP contribution is 2.31. The molecule has 4 heteroatoms. The summed E-state index contributed by atoms with van der Waals surface area (Å²) < 4.78 is 0. The molecule has 0 aliphatic heterocycles. The van der Waals surface area contributed by atoms with Crippen molar-refractivity contribution in [3.05, 3.63) is 0 Å². The van der Waals surface area contributed by atoms with Gasteiger partial charge in [-0.2, -0.15) is 0 Å². The maximum atomic E-state index is 12.3. The van der Waals surface area contributed by atoms with Gasteiger partial charge in [0.05, 0.1) is 5.92 Å². The topological polar surface area (TPSA) is 57.6 Å². The van der Waals surface area contributed by atoms with Crippen LogP contribution in [0, 0.1) is 17.8 Å². The fourth-order valence-electron chi connectivity index (χ4n) is 2.57. The van der Waals surface area contributed by atoms with Gasteiger partial charge in [-0.3, -0.25) is 9.59 Å². The van der Waals surface area contributed by atoms with E-state index >= 15 is 0 Å². The van der Waals surface area contributed by atoms with Crippen molar-refractivity contribution < 1.29 is 14.7 Å². The standard InChI is InChI=1S/C14H25NO3/c1-9(2)10(3)15(4)13(16)11-6-5-7-12(8-11)14(17)18/h9-12H,5-8H2,1-4H3,(H,17,18). The third-order valence-electron chi connectivity index (χ3n) is 4.30. The molecule has 18 heavy (non-hydrogen) atoms. The summed E-state index contributed by atoms with van der Waals surface area (Å²) in [5.41, 5.74) is 0. The molecule has 0 aromatic rings. The largest absolute Gasteiger partial charge is 0.481 e. The van der Waals surface area contributed by atoms with E-state index in [9.17, 15) is 9.59 Å². The Morgan fingerprint density at radius 1 is 1.17 bits per heavy atom. The van der Waals surface area contributed by atoms with Crippen LogP contribution in [0.15, 0.2) is 0 Å². The van der Waals surface area contributed by atoms with Crippen LogP contribution < -0.4 is 0 Å². The average molecular weight is 255 g/mol. The van der Waals surface area contributed by atoms with E-state index in [1.807, 2.05) is 14.0 Å². The molecule has 1 fully saturated rings. The molecule has 0 aromatic carbocycles. The molecule has 4 nitrogen and oxygen atoms in total. The third-order valence-corrected chi connectivity index (χ3v) is 4.30. The molecule has 1 amide bonds. The van der Waals surface area contributed by atoms with Crippen molar-refractivity contribution in [2.75, 3.05) is 7.05 Å². The van der Waals surface area contributed by atoms with E-state index in [4.69, 9.17) is 5.11 Å².